The number of ether oxygens (including phenoxy) is 1. The molecule has 0 aliphatic rings. The van der Waals surface area contributed by atoms with E-state index < -0.39 is 10.0 Å². The van der Waals surface area contributed by atoms with E-state index in [9.17, 15) is 8.42 Å². The minimum Gasteiger partial charge on any atom is -0.496 e. The third-order valence-electron chi connectivity index (χ3n) is 4.11. The fourth-order valence-electron chi connectivity index (χ4n) is 2.61. The number of nitrogens with zero attached hydrogens (tertiary/aromatic N) is 1. The molecule has 0 aliphatic carbocycles. The van der Waals surface area contributed by atoms with Crippen molar-refractivity contribution in [1.82, 2.24) is 15.4 Å². The van der Waals surface area contributed by atoms with E-state index in [4.69, 9.17) is 4.74 Å². The van der Waals surface area contributed by atoms with E-state index in [0.29, 0.717) is 12.5 Å². The summed E-state index contributed by atoms with van der Waals surface area (Å²) in [5.41, 5.74) is 2.02. The van der Waals surface area contributed by atoms with Crippen molar-refractivity contribution in [2.45, 2.75) is 13.0 Å². The van der Waals surface area contributed by atoms with Crippen molar-refractivity contribution in [3.63, 3.8) is 0 Å². The number of para-hydroxylation sites is 1. The van der Waals surface area contributed by atoms with Gasteiger partial charge in [-0.1, -0.05) is 48.5 Å². The Morgan fingerprint density at radius 2 is 1.66 bits per heavy atom. The van der Waals surface area contributed by atoms with Crippen LogP contribution in [-0.4, -0.2) is 47.4 Å². The summed E-state index contributed by atoms with van der Waals surface area (Å²) in [6, 6.07) is 17.3. The Kier molecular flexibility index (Phi) is 11.6. The van der Waals surface area contributed by atoms with Crippen LogP contribution in [0.2, 0.25) is 0 Å². The normalized spacial score (nSPS) is 11.4. The molecule has 2 rings (SSSR count). The molecule has 0 bridgehead atoms. The zero-order chi connectivity index (χ0) is 20.2. The minimum absolute atomic E-state index is 0. The maximum absolute atomic E-state index is 12.1. The number of hydrogen-bond acceptors (Lipinski definition) is 4. The van der Waals surface area contributed by atoms with Crippen LogP contribution in [0.15, 0.2) is 59.6 Å². The van der Waals surface area contributed by atoms with Gasteiger partial charge in [0, 0.05) is 26.7 Å². The van der Waals surface area contributed by atoms with Gasteiger partial charge in [0.2, 0.25) is 10.0 Å². The highest BCUT2D eigenvalue weighted by Crippen LogP contribution is 2.17. The smallest absolute Gasteiger partial charge is 0.213 e. The highest BCUT2D eigenvalue weighted by Gasteiger charge is 2.10. The van der Waals surface area contributed by atoms with Gasteiger partial charge in [0.15, 0.2) is 5.96 Å². The molecule has 0 aromatic heterocycles. The van der Waals surface area contributed by atoms with E-state index in [-0.39, 0.29) is 42.8 Å². The first kappa shape index (κ1) is 25.2. The largest absolute Gasteiger partial charge is 0.496 e. The van der Waals surface area contributed by atoms with Crippen LogP contribution in [0, 0.1) is 0 Å². The second-order valence-corrected chi connectivity index (χ2v) is 8.04. The molecule has 7 nitrogen and oxygen atoms in total. The van der Waals surface area contributed by atoms with Gasteiger partial charge in [0.05, 0.1) is 12.9 Å². The molecule has 9 heteroatoms. The van der Waals surface area contributed by atoms with Crippen molar-refractivity contribution in [2.75, 3.05) is 33.0 Å². The number of nitrogens with one attached hydrogen (secondary N) is 3. The second-order valence-electron chi connectivity index (χ2n) is 6.11. The number of aliphatic imine (C=N–C) groups is 1. The summed E-state index contributed by atoms with van der Waals surface area (Å²) >= 11 is 0. The standard InChI is InChI=1S/C20H28N4O3S.HI/c1-21-20(22-13-12-18-10-6-7-11-19(18)27-2)23-14-15-28(25,26)24-16-17-8-4-3-5-9-17;/h3-11,24H,12-16H2,1-2H3,(H2,21,22,23);1H. The molecular weight excluding hydrogens is 503 g/mol. The average molecular weight is 532 g/mol. The van der Waals surface area contributed by atoms with E-state index in [1.165, 1.54) is 0 Å². The fraction of sp³-hybridized carbons (Fsp3) is 0.350. The van der Waals surface area contributed by atoms with Crippen LogP contribution in [0.3, 0.4) is 0 Å². The van der Waals surface area contributed by atoms with Gasteiger partial charge in [0.25, 0.3) is 0 Å². The zero-order valence-electron chi connectivity index (χ0n) is 16.7. The predicted octanol–water partition coefficient (Wildman–Crippen LogP) is 2.14. The van der Waals surface area contributed by atoms with Crippen LogP contribution in [0.1, 0.15) is 11.1 Å². The Bertz CT molecular complexity index is 861. The molecule has 160 valence electrons. The molecule has 0 radical (unpaired) electrons. The highest BCUT2D eigenvalue weighted by molar-refractivity contribution is 14.0. The molecule has 0 aliphatic heterocycles. The van der Waals surface area contributed by atoms with Gasteiger partial charge in [0.1, 0.15) is 5.75 Å². The van der Waals surface area contributed by atoms with Crippen molar-refractivity contribution < 1.29 is 13.2 Å². The topological polar surface area (TPSA) is 91.8 Å². The van der Waals surface area contributed by atoms with Crippen molar-refractivity contribution in [1.29, 1.82) is 0 Å². The van der Waals surface area contributed by atoms with E-state index in [2.05, 4.69) is 20.3 Å². The number of guanidine groups is 1. The van der Waals surface area contributed by atoms with Crippen LogP contribution in [0.25, 0.3) is 0 Å². The lowest BCUT2D eigenvalue weighted by Crippen LogP contribution is -2.41. The minimum atomic E-state index is -3.37. The SMILES string of the molecule is CN=C(NCCc1ccccc1OC)NCCS(=O)(=O)NCc1ccccc1.I. The van der Waals surface area contributed by atoms with Gasteiger partial charge in [-0.05, 0) is 23.6 Å². The van der Waals surface area contributed by atoms with Crippen molar-refractivity contribution in [3.8, 4) is 5.75 Å². The number of rotatable bonds is 10. The average Bonchev–Trinajstić information content (AvgIpc) is 2.72. The molecule has 0 amide bonds. The number of halogens is 1. The Hall–Kier alpha value is -1.85. The zero-order valence-corrected chi connectivity index (χ0v) is 19.9. The Morgan fingerprint density at radius 3 is 2.34 bits per heavy atom. The molecule has 3 N–H and O–H groups in total. The second kappa shape index (κ2) is 13.4. The van der Waals surface area contributed by atoms with Crippen LogP contribution in [0.5, 0.6) is 5.75 Å². The third-order valence-corrected chi connectivity index (χ3v) is 5.43. The molecule has 2 aromatic carbocycles. The first-order valence-electron chi connectivity index (χ1n) is 9.12. The van der Waals surface area contributed by atoms with Gasteiger partial charge < -0.3 is 15.4 Å². The summed E-state index contributed by atoms with van der Waals surface area (Å²) in [5, 5.41) is 6.21. The van der Waals surface area contributed by atoms with Crippen molar-refractivity contribution >= 4 is 40.0 Å². The third kappa shape index (κ3) is 9.46. The Labute approximate surface area is 190 Å². The van der Waals surface area contributed by atoms with E-state index in [1.807, 2.05) is 54.6 Å². The molecule has 29 heavy (non-hydrogen) atoms. The summed E-state index contributed by atoms with van der Waals surface area (Å²) in [7, 11) is -0.0628. The predicted molar refractivity (Wildman–Crippen MR) is 129 cm³/mol. The maximum Gasteiger partial charge on any atom is 0.213 e. The molecule has 0 fully saturated rings. The quantitative estimate of drug-likeness (QED) is 0.248. The molecule has 0 atom stereocenters. The number of benzene rings is 2. The van der Waals surface area contributed by atoms with Crippen LogP contribution >= 0.6 is 24.0 Å². The maximum atomic E-state index is 12.1. The lowest BCUT2D eigenvalue weighted by atomic mass is 10.1. The summed E-state index contributed by atoms with van der Waals surface area (Å²) in [4.78, 5) is 4.12. The van der Waals surface area contributed by atoms with Crippen LogP contribution < -0.4 is 20.1 Å². The lowest BCUT2D eigenvalue weighted by Gasteiger charge is -2.13. The summed E-state index contributed by atoms with van der Waals surface area (Å²) in [6.45, 7) is 1.20. The number of hydrogen-bond donors (Lipinski definition) is 3. The molecule has 0 saturated carbocycles. The molecule has 0 unspecified atom stereocenters. The first-order valence-corrected chi connectivity index (χ1v) is 10.8. The van der Waals surface area contributed by atoms with Crippen LogP contribution in [0.4, 0.5) is 0 Å². The highest BCUT2D eigenvalue weighted by atomic mass is 127. The fourth-order valence-corrected chi connectivity index (χ4v) is 3.51. The van der Waals surface area contributed by atoms with E-state index in [1.54, 1.807) is 14.2 Å². The summed E-state index contributed by atoms with van der Waals surface area (Å²) in [6.07, 6.45) is 0.766. The Morgan fingerprint density at radius 1 is 1.00 bits per heavy atom. The molecule has 0 saturated heterocycles. The molecule has 0 spiro atoms. The van der Waals surface area contributed by atoms with Gasteiger partial charge in [-0.3, -0.25) is 4.99 Å². The van der Waals surface area contributed by atoms with Crippen molar-refractivity contribution in [3.05, 3.63) is 65.7 Å². The van der Waals surface area contributed by atoms with Crippen LogP contribution in [-0.2, 0) is 23.0 Å². The van der Waals surface area contributed by atoms with Gasteiger partial charge >= 0.3 is 0 Å². The lowest BCUT2D eigenvalue weighted by molar-refractivity contribution is 0.409. The number of methoxy groups -OCH3 is 1. The molecular formula is C20H29IN4O3S. The Balaban J connectivity index is 0.00000420. The van der Waals surface area contributed by atoms with Gasteiger partial charge in [-0.25, -0.2) is 13.1 Å². The van der Waals surface area contributed by atoms with E-state index >= 15 is 0 Å². The summed E-state index contributed by atoms with van der Waals surface area (Å²) < 4.78 is 32.2. The number of sulfonamides is 1. The van der Waals surface area contributed by atoms with Gasteiger partial charge in [-0.15, -0.1) is 24.0 Å². The monoisotopic (exact) mass is 532 g/mol. The summed E-state index contributed by atoms with van der Waals surface area (Å²) in [5.74, 6) is 1.38. The van der Waals surface area contributed by atoms with Gasteiger partial charge in [-0.2, -0.15) is 0 Å². The van der Waals surface area contributed by atoms with E-state index in [0.717, 1.165) is 23.3 Å². The molecule has 0 heterocycles. The molecule has 2 aromatic rings. The van der Waals surface area contributed by atoms with Crippen molar-refractivity contribution in [2.24, 2.45) is 4.99 Å². The first-order chi connectivity index (χ1) is 13.5.